The van der Waals surface area contributed by atoms with E-state index in [4.69, 9.17) is 14.2 Å². The topological polar surface area (TPSA) is 114 Å². The van der Waals surface area contributed by atoms with Gasteiger partial charge >= 0.3 is 0 Å². The molecule has 2 aromatic rings. The fraction of sp³-hybridized carbons (Fsp3) is 0.417. The van der Waals surface area contributed by atoms with E-state index in [1.54, 1.807) is 36.1 Å². The van der Waals surface area contributed by atoms with Gasteiger partial charge in [-0.15, -0.1) is 0 Å². The van der Waals surface area contributed by atoms with Gasteiger partial charge in [0.2, 0.25) is 10.0 Å². The number of fused-ring (bicyclic) bond motifs is 1. The summed E-state index contributed by atoms with van der Waals surface area (Å²) in [6, 6.07) is 9.46. The zero-order valence-electron chi connectivity index (χ0n) is 19.9. The molecule has 0 spiro atoms. The molecule has 2 heterocycles. The molecular formula is C24H29N3O7S. The predicted octanol–water partition coefficient (Wildman–Crippen LogP) is 2.35. The van der Waals surface area contributed by atoms with E-state index in [1.165, 1.54) is 16.4 Å². The van der Waals surface area contributed by atoms with Gasteiger partial charge < -0.3 is 24.4 Å². The number of ether oxygens (including phenoxy) is 3. The summed E-state index contributed by atoms with van der Waals surface area (Å²) in [5.41, 5.74) is 0.774. The van der Waals surface area contributed by atoms with Gasteiger partial charge in [0.1, 0.15) is 5.75 Å². The van der Waals surface area contributed by atoms with Crippen molar-refractivity contribution in [2.75, 3.05) is 44.7 Å². The maximum Gasteiger partial charge on any atom is 0.265 e. The largest absolute Gasteiger partial charge is 0.490 e. The summed E-state index contributed by atoms with van der Waals surface area (Å²) in [6.07, 6.45) is -0.643. The van der Waals surface area contributed by atoms with Gasteiger partial charge in [-0.2, -0.15) is 4.31 Å². The van der Waals surface area contributed by atoms with Crippen LogP contribution in [0.15, 0.2) is 41.3 Å². The average molecular weight is 504 g/mol. The van der Waals surface area contributed by atoms with Gasteiger partial charge in [-0.05, 0) is 57.2 Å². The lowest BCUT2D eigenvalue weighted by molar-refractivity contribution is -0.122. The molecule has 0 bridgehead atoms. The summed E-state index contributed by atoms with van der Waals surface area (Å²) in [5, 5.41) is 2.67. The van der Waals surface area contributed by atoms with Crippen molar-refractivity contribution >= 4 is 27.5 Å². The second-order valence-electron chi connectivity index (χ2n) is 8.13. The third kappa shape index (κ3) is 5.06. The molecule has 11 heteroatoms. The molecule has 10 nitrogen and oxygen atoms in total. The van der Waals surface area contributed by atoms with Crippen LogP contribution in [-0.4, -0.2) is 74.9 Å². The molecule has 188 valence electrons. The van der Waals surface area contributed by atoms with Crippen molar-refractivity contribution in [1.29, 1.82) is 0 Å². The minimum atomic E-state index is -3.81. The highest BCUT2D eigenvalue weighted by atomic mass is 32.2. The number of nitrogens with zero attached hydrogens (tertiary/aromatic N) is 2. The third-order valence-corrected chi connectivity index (χ3v) is 7.73. The van der Waals surface area contributed by atoms with Crippen molar-refractivity contribution < 1.29 is 32.2 Å². The molecule has 0 unspecified atom stereocenters. The maximum absolute atomic E-state index is 13.2. The number of hydrogen-bond acceptors (Lipinski definition) is 7. The van der Waals surface area contributed by atoms with E-state index in [1.807, 2.05) is 13.8 Å². The number of sulfonamides is 1. The fourth-order valence-corrected chi connectivity index (χ4v) is 5.44. The maximum atomic E-state index is 13.2. The zero-order chi connectivity index (χ0) is 25.2. The fourth-order valence-electron chi connectivity index (χ4n) is 4.00. The predicted molar refractivity (Wildman–Crippen MR) is 129 cm³/mol. The lowest BCUT2D eigenvalue weighted by Crippen LogP contribution is -2.50. The van der Waals surface area contributed by atoms with Crippen LogP contribution in [-0.2, 0) is 14.8 Å². The Hall–Kier alpha value is -3.31. The minimum Gasteiger partial charge on any atom is -0.490 e. The normalized spacial score (nSPS) is 18.3. The molecule has 0 aromatic heterocycles. The Morgan fingerprint density at radius 1 is 1.03 bits per heavy atom. The number of nitrogens with one attached hydrogen (secondary N) is 1. The standard InChI is InChI=1S/C24H29N3O7S/c1-4-32-21-8-6-17(14-22(21)33-5-2)24(29)26-10-12-27(13-11-26)35(30,31)18-7-9-20-19(15-18)25-23(28)16(3)34-20/h6-9,14-16H,4-5,10-13H2,1-3H3,(H,25,28)/t16-/m0/s1. The number of benzene rings is 2. The molecule has 0 radical (unpaired) electrons. The lowest BCUT2D eigenvalue weighted by Gasteiger charge is -2.34. The highest BCUT2D eigenvalue weighted by molar-refractivity contribution is 7.89. The van der Waals surface area contributed by atoms with E-state index < -0.39 is 16.1 Å². The number of carbonyl (C=O) groups excluding carboxylic acids is 2. The Morgan fingerprint density at radius 3 is 2.40 bits per heavy atom. The lowest BCUT2D eigenvalue weighted by atomic mass is 10.1. The molecule has 2 aromatic carbocycles. The highest BCUT2D eigenvalue weighted by Gasteiger charge is 2.32. The summed E-state index contributed by atoms with van der Waals surface area (Å²) in [4.78, 5) is 26.7. The van der Waals surface area contributed by atoms with Crippen LogP contribution < -0.4 is 19.5 Å². The number of hydrogen-bond donors (Lipinski definition) is 1. The molecule has 0 aliphatic carbocycles. The highest BCUT2D eigenvalue weighted by Crippen LogP contribution is 2.33. The Labute approximate surface area is 204 Å². The molecule has 1 N–H and O–H groups in total. The Bertz CT molecular complexity index is 1220. The summed E-state index contributed by atoms with van der Waals surface area (Å²) >= 11 is 0. The second-order valence-corrected chi connectivity index (χ2v) is 10.1. The van der Waals surface area contributed by atoms with Crippen molar-refractivity contribution in [1.82, 2.24) is 9.21 Å². The van der Waals surface area contributed by atoms with E-state index in [9.17, 15) is 18.0 Å². The Morgan fingerprint density at radius 2 is 1.71 bits per heavy atom. The smallest absolute Gasteiger partial charge is 0.265 e. The first-order valence-electron chi connectivity index (χ1n) is 11.5. The zero-order valence-corrected chi connectivity index (χ0v) is 20.8. The first-order valence-corrected chi connectivity index (χ1v) is 13.0. The number of piperazine rings is 1. The molecule has 0 saturated carbocycles. The summed E-state index contributed by atoms with van der Waals surface area (Å²) < 4.78 is 44.5. The van der Waals surface area contributed by atoms with Crippen LogP contribution in [0.3, 0.4) is 0 Å². The van der Waals surface area contributed by atoms with Gasteiger partial charge in [-0.3, -0.25) is 9.59 Å². The molecule has 2 aliphatic rings. The average Bonchev–Trinajstić information content (AvgIpc) is 2.85. The van der Waals surface area contributed by atoms with Gasteiger partial charge in [0.25, 0.3) is 11.8 Å². The number of amides is 2. The van der Waals surface area contributed by atoms with Crippen LogP contribution in [0.25, 0.3) is 0 Å². The molecule has 1 atom stereocenters. The summed E-state index contributed by atoms with van der Waals surface area (Å²) in [6.45, 7) is 7.06. The summed E-state index contributed by atoms with van der Waals surface area (Å²) in [7, 11) is -3.81. The number of carbonyl (C=O) groups is 2. The van der Waals surface area contributed by atoms with E-state index in [0.29, 0.717) is 41.7 Å². The van der Waals surface area contributed by atoms with Crippen molar-refractivity contribution in [2.45, 2.75) is 31.8 Å². The molecule has 4 rings (SSSR count). The molecule has 1 saturated heterocycles. The molecule has 35 heavy (non-hydrogen) atoms. The number of anilines is 1. The van der Waals surface area contributed by atoms with Crippen LogP contribution in [0.1, 0.15) is 31.1 Å². The minimum absolute atomic E-state index is 0.0577. The molecular weight excluding hydrogens is 474 g/mol. The Kier molecular flexibility index (Phi) is 7.18. The van der Waals surface area contributed by atoms with E-state index in [2.05, 4.69) is 5.32 Å². The van der Waals surface area contributed by atoms with E-state index in [-0.39, 0.29) is 42.9 Å². The molecule has 2 aliphatic heterocycles. The first kappa shape index (κ1) is 24.8. The SMILES string of the molecule is CCOc1ccc(C(=O)N2CCN(S(=O)(=O)c3ccc4c(c3)NC(=O)[C@H](C)O4)CC2)cc1OCC. The van der Waals surface area contributed by atoms with Crippen LogP contribution in [0.4, 0.5) is 5.69 Å². The van der Waals surface area contributed by atoms with Crippen LogP contribution >= 0.6 is 0 Å². The van der Waals surface area contributed by atoms with Crippen molar-refractivity contribution in [3.8, 4) is 17.2 Å². The monoisotopic (exact) mass is 503 g/mol. The Balaban J connectivity index is 1.45. The van der Waals surface area contributed by atoms with Gasteiger partial charge in [0.05, 0.1) is 23.8 Å². The van der Waals surface area contributed by atoms with Gasteiger partial charge in [-0.1, -0.05) is 0 Å². The van der Waals surface area contributed by atoms with Crippen LogP contribution in [0, 0.1) is 0 Å². The van der Waals surface area contributed by atoms with Crippen molar-refractivity contribution in [3.63, 3.8) is 0 Å². The quantitative estimate of drug-likeness (QED) is 0.617. The van der Waals surface area contributed by atoms with E-state index >= 15 is 0 Å². The van der Waals surface area contributed by atoms with Gasteiger partial charge in [0, 0.05) is 31.7 Å². The van der Waals surface area contributed by atoms with Gasteiger partial charge in [-0.25, -0.2) is 8.42 Å². The molecule has 2 amide bonds. The number of rotatable bonds is 7. The van der Waals surface area contributed by atoms with E-state index in [0.717, 1.165) is 0 Å². The third-order valence-electron chi connectivity index (χ3n) is 5.84. The van der Waals surface area contributed by atoms with Gasteiger partial charge in [0.15, 0.2) is 17.6 Å². The molecule has 1 fully saturated rings. The van der Waals surface area contributed by atoms with Crippen LogP contribution in [0.2, 0.25) is 0 Å². The van der Waals surface area contributed by atoms with Crippen LogP contribution in [0.5, 0.6) is 17.2 Å². The first-order chi connectivity index (χ1) is 16.7. The summed E-state index contributed by atoms with van der Waals surface area (Å²) in [5.74, 6) is 0.963. The van der Waals surface area contributed by atoms with Crippen molar-refractivity contribution in [2.24, 2.45) is 0 Å². The second kappa shape index (κ2) is 10.1. The van der Waals surface area contributed by atoms with Crippen molar-refractivity contribution in [3.05, 3.63) is 42.0 Å².